The molecular weight excluding hydrogens is 322 g/mol. The van der Waals surface area contributed by atoms with Crippen LogP contribution in [0.3, 0.4) is 0 Å². The normalized spacial score (nSPS) is 10.4. The predicted octanol–water partition coefficient (Wildman–Crippen LogP) is 2.80. The molecule has 25 heavy (non-hydrogen) atoms. The molecular formula is C17H15N5O3. The molecule has 1 amide bonds. The van der Waals surface area contributed by atoms with Crippen molar-refractivity contribution in [3.05, 3.63) is 81.8 Å². The van der Waals surface area contributed by atoms with Gasteiger partial charge in [-0.1, -0.05) is 6.07 Å². The van der Waals surface area contributed by atoms with Gasteiger partial charge in [-0.05, 0) is 30.2 Å². The van der Waals surface area contributed by atoms with Crippen LogP contribution in [0.1, 0.15) is 21.5 Å². The Bertz CT molecular complexity index is 921. The molecule has 0 aliphatic heterocycles. The summed E-state index contributed by atoms with van der Waals surface area (Å²) in [7, 11) is 0. The van der Waals surface area contributed by atoms with Crippen molar-refractivity contribution >= 4 is 17.4 Å². The highest BCUT2D eigenvalue weighted by atomic mass is 16.6. The first-order valence-corrected chi connectivity index (χ1v) is 7.51. The van der Waals surface area contributed by atoms with E-state index in [1.54, 1.807) is 36.3 Å². The smallest absolute Gasteiger partial charge is 0.269 e. The Labute approximate surface area is 143 Å². The second kappa shape index (κ2) is 6.91. The van der Waals surface area contributed by atoms with Crippen molar-refractivity contribution in [2.45, 2.75) is 13.5 Å². The maximum absolute atomic E-state index is 12.3. The van der Waals surface area contributed by atoms with E-state index in [2.05, 4.69) is 15.4 Å². The molecule has 0 fully saturated rings. The minimum absolute atomic E-state index is 0.0465. The number of hydrogen-bond acceptors (Lipinski definition) is 5. The highest BCUT2D eigenvalue weighted by molar-refractivity contribution is 6.04. The fourth-order valence-electron chi connectivity index (χ4n) is 2.39. The Hall–Kier alpha value is -3.55. The molecule has 2 aromatic heterocycles. The number of pyridine rings is 1. The number of non-ortho nitro benzene ring substituents is 1. The average Bonchev–Trinajstić information content (AvgIpc) is 3.02. The molecule has 0 saturated carbocycles. The number of anilines is 1. The molecule has 0 spiro atoms. The van der Waals surface area contributed by atoms with Crippen LogP contribution in [0.4, 0.5) is 11.5 Å². The Morgan fingerprint density at radius 2 is 2.16 bits per heavy atom. The Kier molecular flexibility index (Phi) is 4.51. The van der Waals surface area contributed by atoms with Crippen LogP contribution in [0.2, 0.25) is 0 Å². The van der Waals surface area contributed by atoms with E-state index in [1.807, 2.05) is 12.1 Å². The van der Waals surface area contributed by atoms with Gasteiger partial charge in [-0.25, -0.2) is 0 Å². The first kappa shape index (κ1) is 16.3. The van der Waals surface area contributed by atoms with Gasteiger partial charge in [0, 0.05) is 42.4 Å². The van der Waals surface area contributed by atoms with Crippen molar-refractivity contribution in [3.63, 3.8) is 0 Å². The molecule has 3 rings (SSSR count). The van der Waals surface area contributed by atoms with Crippen LogP contribution in [0.5, 0.6) is 0 Å². The maximum atomic E-state index is 12.3. The lowest BCUT2D eigenvalue weighted by atomic mass is 10.1. The molecule has 3 aromatic rings. The van der Waals surface area contributed by atoms with E-state index in [0.717, 1.165) is 5.56 Å². The second-order valence-electron chi connectivity index (χ2n) is 5.47. The van der Waals surface area contributed by atoms with Crippen molar-refractivity contribution in [1.82, 2.24) is 14.8 Å². The molecule has 0 aliphatic rings. The number of aryl methyl sites for hydroxylation is 1. The van der Waals surface area contributed by atoms with Gasteiger partial charge in [0.15, 0.2) is 5.82 Å². The first-order chi connectivity index (χ1) is 12.0. The quantitative estimate of drug-likeness (QED) is 0.569. The molecule has 0 unspecified atom stereocenters. The number of nitrogens with one attached hydrogen (secondary N) is 1. The Balaban J connectivity index is 1.70. The van der Waals surface area contributed by atoms with E-state index in [-0.39, 0.29) is 11.6 Å². The molecule has 0 bridgehead atoms. The van der Waals surface area contributed by atoms with E-state index in [9.17, 15) is 14.9 Å². The third-order valence-corrected chi connectivity index (χ3v) is 3.62. The van der Waals surface area contributed by atoms with Crippen LogP contribution in [0.15, 0.2) is 55.0 Å². The van der Waals surface area contributed by atoms with E-state index in [1.165, 1.54) is 18.2 Å². The highest BCUT2D eigenvalue weighted by Gasteiger charge is 2.14. The molecule has 8 heteroatoms. The summed E-state index contributed by atoms with van der Waals surface area (Å²) in [6, 6.07) is 9.59. The van der Waals surface area contributed by atoms with Gasteiger partial charge in [-0.2, -0.15) is 5.10 Å². The van der Waals surface area contributed by atoms with Crippen molar-refractivity contribution in [2.24, 2.45) is 0 Å². The van der Waals surface area contributed by atoms with Crippen LogP contribution >= 0.6 is 0 Å². The SMILES string of the molecule is Cc1cc([N+](=O)[O-])ccc1C(=O)Nc1ccn(Cc2cccnc2)n1. The van der Waals surface area contributed by atoms with Crippen molar-refractivity contribution in [3.8, 4) is 0 Å². The molecule has 0 saturated heterocycles. The van der Waals surface area contributed by atoms with Crippen LogP contribution in [-0.2, 0) is 6.54 Å². The zero-order chi connectivity index (χ0) is 17.8. The fourth-order valence-corrected chi connectivity index (χ4v) is 2.39. The Morgan fingerprint density at radius 1 is 1.32 bits per heavy atom. The van der Waals surface area contributed by atoms with Gasteiger partial charge >= 0.3 is 0 Å². The van der Waals surface area contributed by atoms with Gasteiger partial charge in [-0.3, -0.25) is 24.6 Å². The average molecular weight is 337 g/mol. The number of aromatic nitrogens is 3. The zero-order valence-corrected chi connectivity index (χ0v) is 13.4. The predicted molar refractivity (Wildman–Crippen MR) is 91.4 cm³/mol. The van der Waals surface area contributed by atoms with Gasteiger partial charge in [0.25, 0.3) is 11.6 Å². The summed E-state index contributed by atoms with van der Waals surface area (Å²) in [5, 5.41) is 17.8. The number of amides is 1. The summed E-state index contributed by atoms with van der Waals surface area (Å²) in [4.78, 5) is 26.7. The van der Waals surface area contributed by atoms with Crippen molar-refractivity contribution < 1.29 is 9.72 Å². The number of nitrogens with zero attached hydrogens (tertiary/aromatic N) is 4. The summed E-state index contributed by atoms with van der Waals surface area (Å²) in [5.74, 6) is 0.0469. The van der Waals surface area contributed by atoms with Gasteiger partial charge in [0.05, 0.1) is 11.5 Å². The molecule has 0 atom stereocenters. The number of carbonyl (C=O) groups excluding carboxylic acids is 1. The van der Waals surface area contributed by atoms with E-state index in [4.69, 9.17) is 0 Å². The number of hydrogen-bond donors (Lipinski definition) is 1. The van der Waals surface area contributed by atoms with Gasteiger partial charge in [0.2, 0.25) is 0 Å². The summed E-state index contributed by atoms with van der Waals surface area (Å²) >= 11 is 0. The topological polar surface area (TPSA) is 103 Å². The minimum Gasteiger partial charge on any atom is -0.305 e. The second-order valence-corrected chi connectivity index (χ2v) is 5.47. The van der Waals surface area contributed by atoms with Crippen LogP contribution in [0, 0.1) is 17.0 Å². The molecule has 126 valence electrons. The molecule has 1 aromatic carbocycles. The number of nitro groups is 1. The van der Waals surface area contributed by atoms with E-state index >= 15 is 0 Å². The summed E-state index contributed by atoms with van der Waals surface area (Å²) in [6.45, 7) is 2.20. The zero-order valence-electron chi connectivity index (χ0n) is 13.4. The van der Waals surface area contributed by atoms with Gasteiger partial charge < -0.3 is 5.32 Å². The number of rotatable bonds is 5. The molecule has 0 radical (unpaired) electrons. The van der Waals surface area contributed by atoms with Gasteiger partial charge in [0.1, 0.15) is 0 Å². The van der Waals surface area contributed by atoms with Crippen LogP contribution < -0.4 is 5.32 Å². The Morgan fingerprint density at radius 3 is 2.84 bits per heavy atom. The monoisotopic (exact) mass is 337 g/mol. The standard InChI is InChI=1S/C17H15N5O3/c1-12-9-14(22(24)25)4-5-15(12)17(23)19-16-6-8-21(20-16)11-13-3-2-7-18-10-13/h2-10H,11H2,1H3,(H,19,20,23). The van der Waals surface area contributed by atoms with Crippen LogP contribution in [-0.4, -0.2) is 25.6 Å². The minimum atomic E-state index is -0.491. The first-order valence-electron chi connectivity index (χ1n) is 7.51. The lowest BCUT2D eigenvalue weighted by molar-refractivity contribution is -0.384. The third-order valence-electron chi connectivity index (χ3n) is 3.62. The van der Waals surface area contributed by atoms with Crippen molar-refractivity contribution in [1.29, 1.82) is 0 Å². The fraction of sp³-hybridized carbons (Fsp3) is 0.118. The number of nitro benzene ring substituents is 1. The number of benzene rings is 1. The lowest BCUT2D eigenvalue weighted by Crippen LogP contribution is -2.14. The van der Waals surface area contributed by atoms with E-state index in [0.29, 0.717) is 23.5 Å². The lowest BCUT2D eigenvalue weighted by Gasteiger charge is -2.05. The molecule has 1 N–H and O–H groups in total. The third kappa shape index (κ3) is 3.86. The van der Waals surface area contributed by atoms with E-state index < -0.39 is 4.92 Å². The van der Waals surface area contributed by atoms with Crippen LogP contribution in [0.25, 0.3) is 0 Å². The largest absolute Gasteiger partial charge is 0.305 e. The summed E-state index contributed by atoms with van der Waals surface area (Å²) in [5.41, 5.74) is 1.85. The molecule has 2 heterocycles. The summed E-state index contributed by atoms with van der Waals surface area (Å²) < 4.78 is 1.69. The van der Waals surface area contributed by atoms with Crippen molar-refractivity contribution in [2.75, 3.05) is 5.32 Å². The van der Waals surface area contributed by atoms with Gasteiger partial charge in [-0.15, -0.1) is 0 Å². The molecule has 0 aliphatic carbocycles. The molecule has 8 nitrogen and oxygen atoms in total. The highest BCUT2D eigenvalue weighted by Crippen LogP contribution is 2.18. The summed E-state index contributed by atoms with van der Waals surface area (Å²) in [6.07, 6.45) is 5.20. The maximum Gasteiger partial charge on any atom is 0.269 e. The number of carbonyl (C=O) groups is 1.